The maximum Gasteiger partial charge on any atom is 0.208 e. The molecule has 0 bridgehead atoms. The van der Waals surface area contributed by atoms with Gasteiger partial charge in [-0.2, -0.15) is 0 Å². The van der Waals surface area contributed by atoms with Gasteiger partial charge >= 0.3 is 0 Å². The minimum Gasteiger partial charge on any atom is -0.313 e. The second kappa shape index (κ2) is 7.14. The molecule has 0 radical (unpaired) electrons. The molecule has 1 fully saturated rings. The highest BCUT2D eigenvalue weighted by Gasteiger charge is 2.36. The van der Waals surface area contributed by atoms with Gasteiger partial charge in [-0.1, -0.05) is 39.5 Å². The van der Waals surface area contributed by atoms with Crippen LogP contribution >= 0.6 is 11.8 Å². The lowest BCUT2D eigenvalue weighted by Gasteiger charge is -2.41. The molecule has 3 unspecified atom stereocenters. The van der Waals surface area contributed by atoms with Gasteiger partial charge in [-0.25, -0.2) is 4.98 Å². The van der Waals surface area contributed by atoms with Gasteiger partial charge in [0.1, 0.15) is 5.82 Å². The number of thioether (sulfide) groups is 1. The third-order valence-corrected chi connectivity index (χ3v) is 5.72. The zero-order valence-corrected chi connectivity index (χ0v) is 14.9. The van der Waals surface area contributed by atoms with Crippen LogP contribution in [0.25, 0.3) is 0 Å². The van der Waals surface area contributed by atoms with Gasteiger partial charge in [0.05, 0.1) is 0 Å². The molecule has 0 amide bonds. The molecule has 0 aliphatic heterocycles. The van der Waals surface area contributed by atoms with E-state index in [0.29, 0.717) is 16.7 Å². The molecule has 0 saturated heterocycles. The smallest absolute Gasteiger partial charge is 0.208 e. The van der Waals surface area contributed by atoms with Crippen molar-refractivity contribution < 1.29 is 0 Å². The van der Waals surface area contributed by atoms with Crippen LogP contribution in [0.5, 0.6) is 0 Å². The lowest BCUT2D eigenvalue weighted by molar-refractivity contribution is 0.165. The Labute approximate surface area is 133 Å². The average Bonchev–Trinajstić information content (AvgIpc) is 2.81. The van der Waals surface area contributed by atoms with Crippen LogP contribution < -0.4 is 5.32 Å². The molecule has 2 N–H and O–H groups in total. The highest BCUT2D eigenvalue weighted by Crippen LogP contribution is 2.42. The number of nitrogens with one attached hydrogen (secondary N) is 2. The molecule has 3 atom stereocenters. The number of aromatic nitrogens is 3. The number of H-pyrrole nitrogens is 1. The van der Waals surface area contributed by atoms with E-state index >= 15 is 0 Å². The van der Waals surface area contributed by atoms with Gasteiger partial charge in [0.25, 0.3) is 0 Å². The van der Waals surface area contributed by atoms with Crippen LogP contribution in [0.15, 0.2) is 5.16 Å². The molecule has 5 heteroatoms. The third kappa shape index (κ3) is 4.71. The van der Waals surface area contributed by atoms with Crippen molar-refractivity contribution in [3.63, 3.8) is 0 Å². The summed E-state index contributed by atoms with van der Waals surface area (Å²) in [7, 11) is 0. The molecule has 1 heterocycles. The summed E-state index contributed by atoms with van der Waals surface area (Å²) < 4.78 is 0. The fraction of sp³-hybridized carbons (Fsp3) is 0.875. The third-order valence-electron chi connectivity index (χ3n) is 4.51. The lowest BCUT2D eigenvalue weighted by atomic mass is 9.71. The predicted octanol–water partition coefficient (Wildman–Crippen LogP) is 3.79. The number of hydrogen-bond acceptors (Lipinski definition) is 4. The normalized spacial score (nSPS) is 27.0. The molecule has 1 aromatic rings. The van der Waals surface area contributed by atoms with Crippen LogP contribution in [0.2, 0.25) is 0 Å². The van der Waals surface area contributed by atoms with Crippen molar-refractivity contribution in [3.8, 4) is 0 Å². The summed E-state index contributed by atoms with van der Waals surface area (Å²) in [4.78, 5) is 4.48. The Balaban J connectivity index is 2.05. The molecular formula is C16H30N4S. The van der Waals surface area contributed by atoms with Crippen LogP contribution in [0.3, 0.4) is 0 Å². The summed E-state index contributed by atoms with van der Waals surface area (Å²) in [6, 6.07) is 0.590. The minimum atomic E-state index is 0.392. The summed E-state index contributed by atoms with van der Waals surface area (Å²) >= 11 is 1.85. The van der Waals surface area contributed by atoms with E-state index in [2.05, 4.69) is 48.2 Å². The van der Waals surface area contributed by atoms with Gasteiger partial charge in [0.2, 0.25) is 5.16 Å². The van der Waals surface area contributed by atoms with E-state index in [1.54, 1.807) is 0 Å². The Hall–Kier alpha value is -0.550. The summed E-state index contributed by atoms with van der Waals surface area (Å²) in [5, 5.41) is 12.5. The monoisotopic (exact) mass is 310 g/mol. The molecule has 1 saturated carbocycles. The van der Waals surface area contributed by atoms with Crippen LogP contribution in [-0.4, -0.2) is 33.0 Å². The first-order valence-corrected chi connectivity index (χ1v) is 9.07. The van der Waals surface area contributed by atoms with Crippen molar-refractivity contribution in [1.29, 1.82) is 0 Å². The van der Waals surface area contributed by atoms with Crippen LogP contribution in [-0.2, 0) is 0 Å². The molecule has 21 heavy (non-hydrogen) atoms. The standard InChI is InChI=1S/C16H30N4S/c1-6-9-17-13-8-7-12(16(3,4)5)10-14(13)21-15-18-11(2)19-20-15/h12-14,17H,6-10H2,1-5H3,(H,18,19,20). The molecule has 1 aliphatic rings. The molecular weight excluding hydrogens is 280 g/mol. The Bertz CT molecular complexity index is 438. The van der Waals surface area contributed by atoms with Crippen molar-refractivity contribution in [2.45, 2.75) is 76.8 Å². The van der Waals surface area contributed by atoms with E-state index < -0.39 is 0 Å². The van der Waals surface area contributed by atoms with Crippen molar-refractivity contribution in [2.75, 3.05) is 6.54 Å². The first-order valence-electron chi connectivity index (χ1n) is 8.19. The topological polar surface area (TPSA) is 53.6 Å². The molecule has 1 aromatic heterocycles. The van der Waals surface area contributed by atoms with E-state index in [1.807, 2.05) is 18.7 Å². The molecule has 0 aromatic carbocycles. The number of aryl methyl sites for hydroxylation is 1. The van der Waals surface area contributed by atoms with Crippen LogP contribution in [0, 0.1) is 18.3 Å². The number of aromatic amines is 1. The summed E-state index contributed by atoms with van der Waals surface area (Å²) in [5.74, 6) is 1.69. The quantitative estimate of drug-likeness (QED) is 0.869. The second-order valence-corrected chi connectivity index (χ2v) is 8.50. The Morgan fingerprint density at radius 3 is 2.67 bits per heavy atom. The highest BCUT2D eigenvalue weighted by molar-refractivity contribution is 7.99. The molecule has 1 aliphatic carbocycles. The van der Waals surface area contributed by atoms with E-state index in [0.717, 1.165) is 23.4 Å². The van der Waals surface area contributed by atoms with E-state index in [9.17, 15) is 0 Å². The number of nitrogens with zero attached hydrogens (tertiary/aromatic N) is 2. The van der Waals surface area contributed by atoms with Gasteiger partial charge in [-0.3, -0.25) is 5.10 Å². The van der Waals surface area contributed by atoms with Crippen molar-refractivity contribution in [1.82, 2.24) is 20.5 Å². The SMILES string of the molecule is CCCNC1CCC(C(C)(C)C)CC1Sc1n[nH]c(C)n1. The Kier molecular flexibility index (Phi) is 5.72. The fourth-order valence-corrected chi connectivity index (χ4v) is 4.40. The zero-order chi connectivity index (χ0) is 15.5. The number of rotatable bonds is 5. The number of hydrogen-bond donors (Lipinski definition) is 2. The summed E-state index contributed by atoms with van der Waals surface area (Å²) in [5.41, 5.74) is 0.392. The molecule has 120 valence electrons. The zero-order valence-electron chi connectivity index (χ0n) is 14.1. The van der Waals surface area contributed by atoms with Crippen LogP contribution in [0.4, 0.5) is 0 Å². The van der Waals surface area contributed by atoms with Gasteiger partial charge in [0, 0.05) is 11.3 Å². The van der Waals surface area contributed by atoms with Gasteiger partial charge in [-0.05, 0) is 50.5 Å². The first-order chi connectivity index (χ1) is 9.90. The van der Waals surface area contributed by atoms with Gasteiger partial charge in [-0.15, -0.1) is 5.10 Å². The first kappa shape index (κ1) is 16.8. The van der Waals surface area contributed by atoms with E-state index in [1.165, 1.54) is 25.7 Å². The lowest BCUT2D eigenvalue weighted by Crippen LogP contribution is -2.45. The maximum atomic E-state index is 4.48. The largest absolute Gasteiger partial charge is 0.313 e. The van der Waals surface area contributed by atoms with Crippen molar-refractivity contribution in [3.05, 3.63) is 5.82 Å². The molecule has 4 nitrogen and oxygen atoms in total. The minimum absolute atomic E-state index is 0.392. The molecule has 2 rings (SSSR count). The predicted molar refractivity (Wildman–Crippen MR) is 89.6 cm³/mol. The molecule has 0 spiro atoms. The van der Waals surface area contributed by atoms with Gasteiger partial charge < -0.3 is 5.32 Å². The van der Waals surface area contributed by atoms with Gasteiger partial charge in [0.15, 0.2) is 0 Å². The second-order valence-electron chi connectivity index (χ2n) is 7.30. The Morgan fingerprint density at radius 2 is 2.10 bits per heavy atom. The average molecular weight is 311 g/mol. The fourth-order valence-electron chi connectivity index (χ4n) is 3.12. The van der Waals surface area contributed by atoms with E-state index in [4.69, 9.17) is 0 Å². The highest BCUT2D eigenvalue weighted by atomic mass is 32.2. The summed E-state index contributed by atoms with van der Waals surface area (Å²) in [6.07, 6.45) is 5.04. The van der Waals surface area contributed by atoms with Crippen molar-refractivity contribution >= 4 is 11.8 Å². The van der Waals surface area contributed by atoms with Crippen molar-refractivity contribution in [2.24, 2.45) is 11.3 Å². The van der Waals surface area contributed by atoms with Crippen LogP contribution in [0.1, 0.15) is 59.2 Å². The summed E-state index contributed by atoms with van der Waals surface area (Å²) in [6.45, 7) is 12.4. The van der Waals surface area contributed by atoms with E-state index in [-0.39, 0.29) is 0 Å². The maximum absolute atomic E-state index is 4.48. The Morgan fingerprint density at radius 1 is 1.33 bits per heavy atom.